The van der Waals surface area contributed by atoms with Gasteiger partial charge in [-0.3, -0.25) is 0 Å². The molecule has 350 valence electrons. The van der Waals surface area contributed by atoms with E-state index >= 15 is 0 Å². The van der Waals surface area contributed by atoms with Gasteiger partial charge in [0.05, 0.1) is 44.6 Å². The van der Waals surface area contributed by atoms with Gasteiger partial charge in [-0.1, -0.05) is 158 Å². The van der Waals surface area contributed by atoms with Crippen LogP contribution in [0.4, 0.5) is 0 Å². The lowest BCUT2D eigenvalue weighted by molar-refractivity contribution is 1.12. The zero-order valence-electron chi connectivity index (χ0n) is 40.1. The van der Waals surface area contributed by atoms with Crippen molar-refractivity contribution < 1.29 is 0 Å². The summed E-state index contributed by atoms with van der Waals surface area (Å²) in [6, 6.07) is 79.9. The van der Waals surface area contributed by atoms with Gasteiger partial charge in [0, 0.05) is 124 Å². The summed E-state index contributed by atoms with van der Waals surface area (Å²) < 4.78 is 14.1. The largest absolute Gasteiger partial charge is 0.307 e. The predicted molar refractivity (Wildman–Crippen MR) is 327 cm³/mol. The number of rotatable bonds is 4. The maximum atomic E-state index is 12.5. The highest BCUT2D eigenvalue weighted by Gasteiger charge is 2.34. The summed E-state index contributed by atoms with van der Waals surface area (Å²) in [6.07, 6.45) is 0. The van der Waals surface area contributed by atoms with Gasteiger partial charge in [-0.15, -0.1) is 45.3 Å². The molecule has 0 spiro atoms. The molecule has 0 N–H and O–H groups in total. The molecule has 0 unspecified atom stereocenters. The topological polar surface area (TPSA) is 57.4 Å². The highest BCUT2D eigenvalue weighted by molar-refractivity contribution is 7.28. The molecule has 6 heterocycles. The highest BCUT2D eigenvalue weighted by Crippen LogP contribution is 2.55. The molecule has 0 aliphatic heterocycles. The molecule has 76 heavy (non-hydrogen) atoms. The Morgan fingerprint density at radius 3 is 1.01 bits per heavy atom. The second-order valence-electron chi connectivity index (χ2n) is 19.6. The lowest BCUT2D eigenvalue weighted by atomic mass is 9.85. The van der Waals surface area contributed by atoms with Crippen molar-refractivity contribution in [3.8, 4) is 45.8 Å². The van der Waals surface area contributed by atoms with E-state index in [-0.39, 0.29) is 0 Å². The molecule has 0 saturated carbocycles. The summed E-state index contributed by atoms with van der Waals surface area (Å²) in [5.41, 5.74) is 9.64. The first-order chi connectivity index (χ1) is 37.7. The Morgan fingerprint density at radius 1 is 0.276 bits per heavy atom. The lowest BCUT2D eigenvalue weighted by Crippen LogP contribution is -2.11. The molecule has 4 nitrogen and oxygen atoms in total. The van der Waals surface area contributed by atoms with Crippen molar-refractivity contribution >= 4 is 170 Å². The van der Waals surface area contributed by atoms with Gasteiger partial charge in [0.25, 0.3) is 0 Å². The maximum Gasteiger partial charge on any atom is 0.102 e. The van der Waals surface area contributed by atoms with Gasteiger partial charge in [0.15, 0.2) is 0 Å². The molecular weight excluding hydrogens is 1000 g/mol. The van der Waals surface area contributed by atoms with Crippen LogP contribution in [-0.4, -0.2) is 9.13 Å². The molecule has 0 aliphatic carbocycles. The van der Waals surface area contributed by atoms with Crippen molar-refractivity contribution in [3.05, 3.63) is 217 Å². The first kappa shape index (κ1) is 42.3. The van der Waals surface area contributed by atoms with Crippen LogP contribution in [0.1, 0.15) is 11.1 Å². The van der Waals surface area contributed by atoms with Crippen LogP contribution in [-0.2, 0) is 0 Å². The Balaban J connectivity index is 1.16. The summed E-state index contributed by atoms with van der Waals surface area (Å²) in [6.45, 7) is 0. The summed E-state index contributed by atoms with van der Waals surface area (Å²) in [7, 11) is 0. The number of nitriles is 2. The van der Waals surface area contributed by atoms with Gasteiger partial charge in [0.1, 0.15) is 12.1 Å². The molecule has 0 bridgehead atoms. The van der Waals surface area contributed by atoms with Crippen LogP contribution in [0.5, 0.6) is 0 Å². The predicted octanol–water partition coefficient (Wildman–Crippen LogP) is 20.4. The van der Waals surface area contributed by atoms with Crippen molar-refractivity contribution in [2.45, 2.75) is 0 Å². The maximum absolute atomic E-state index is 12.5. The van der Waals surface area contributed by atoms with Crippen LogP contribution in [0.25, 0.3) is 158 Å². The molecular formula is C68H34N4S4. The molecule has 8 heteroatoms. The van der Waals surface area contributed by atoms with E-state index in [1.54, 1.807) is 22.7 Å². The SMILES string of the molecule is N#Cc1c(-c2cccc3c2sc2ccccc23)c(C#N)c(-n2c3ccccc3c3c4sc5ccccc5c4ccc32)c(-c2cccc3c2sc2ccccc23)c1-n1c2ccccc2c2c3sc4ccccc4c3ccc21. The normalized spacial score (nSPS) is 12.2. The van der Waals surface area contributed by atoms with Gasteiger partial charge < -0.3 is 9.13 Å². The van der Waals surface area contributed by atoms with Crippen LogP contribution in [0, 0.1) is 22.7 Å². The van der Waals surface area contributed by atoms with Crippen molar-refractivity contribution in [2.24, 2.45) is 0 Å². The number of aromatic nitrogens is 2. The van der Waals surface area contributed by atoms with Gasteiger partial charge in [0.2, 0.25) is 0 Å². The quantitative estimate of drug-likeness (QED) is 0.176. The monoisotopic (exact) mass is 1030 g/mol. The zero-order valence-corrected chi connectivity index (χ0v) is 43.3. The third-order valence-electron chi connectivity index (χ3n) is 15.8. The van der Waals surface area contributed by atoms with Crippen molar-refractivity contribution in [2.75, 3.05) is 0 Å². The van der Waals surface area contributed by atoms with Gasteiger partial charge >= 0.3 is 0 Å². The van der Waals surface area contributed by atoms with E-state index in [0.29, 0.717) is 16.7 Å². The minimum Gasteiger partial charge on any atom is -0.307 e. The van der Waals surface area contributed by atoms with Crippen LogP contribution in [0.2, 0.25) is 0 Å². The second kappa shape index (κ2) is 15.7. The average Bonchev–Trinajstić information content (AvgIpc) is 4.35. The average molecular weight is 1040 g/mol. The summed E-state index contributed by atoms with van der Waals surface area (Å²) in [5.74, 6) is 0. The summed E-state index contributed by atoms with van der Waals surface area (Å²) in [5, 5.41) is 38.9. The van der Waals surface area contributed by atoms with Crippen LogP contribution in [0.3, 0.4) is 0 Å². The van der Waals surface area contributed by atoms with Crippen molar-refractivity contribution in [1.29, 1.82) is 10.5 Å². The molecule has 0 saturated heterocycles. The minimum absolute atomic E-state index is 0.449. The fourth-order valence-corrected chi connectivity index (χ4v) is 17.7. The molecule has 6 aromatic heterocycles. The third kappa shape index (κ3) is 5.53. The van der Waals surface area contributed by atoms with Gasteiger partial charge in [-0.2, -0.15) is 10.5 Å². The number of para-hydroxylation sites is 2. The van der Waals surface area contributed by atoms with Gasteiger partial charge in [-0.25, -0.2) is 0 Å². The fourth-order valence-electron chi connectivity index (χ4n) is 12.8. The van der Waals surface area contributed by atoms with E-state index in [9.17, 15) is 10.5 Å². The minimum atomic E-state index is 0.449. The Bertz CT molecular complexity index is 5300. The first-order valence-electron chi connectivity index (χ1n) is 25.2. The molecule has 0 aliphatic rings. The molecule has 11 aromatic carbocycles. The Labute approximate surface area is 449 Å². The molecule has 0 amide bonds. The van der Waals surface area contributed by atoms with Gasteiger partial charge in [-0.05, 0) is 48.5 Å². The highest BCUT2D eigenvalue weighted by atomic mass is 32.1. The van der Waals surface area contributed by atoms with E-state index in [2.05, 4.69) is 228 Å². The number of hydrogen-bond acceptors (Lipinski definition) is 6. The fraction of sp³-hybridized carbons (Fsp3) is 0. The van der Waals surface area contributed by atoms with E-state index in [4.69, 9.17) is 0 Å². The number of nitrogens with zero attached hydrogens (tertiary/aromatic N) is 4. The zero-order chi connectivity index (χ0) is 49.9. The van der Waals surface area contributed by atoms with Crippen LogP contribution < -0.4 is 0 Å². The van der Waals surface area contributed by atoms with E-state index in [1.165, 1.54) is 50.4 Å². The molecule has 17 rings (SSSR count). The number of benzene rings is 11. The van der Waals surface area contributed by atoms with Crippen LogP contribution >= 0.6 is 45.3 Å². The molecule has 0 radical (unpaired) electrons. The number of hydrogen-bond donors (Lipinski definition) is 0. The van der Waals surface area contributed by atoms with Crippen molar-refractivity contribution in [1.82, 2.24) is 9.13 Å². The summed E-state index contributed by atoms with van der Waals surface area (Å²) >= 11 is 7.14. The Kier molecular flexibility index (Phi) is 8.73. The standard InChI is InChI=1S/C68H34N4S4/c69-35-49-59(47-23-13-21-41-37-15-3-9-27-55(37)73-65(41)47)50(36-70)64(72-52-26-8-2-20-46(52)61-54(72)34-32-44-40-18-6-12-30-58(40)76-68(44)61)62(48-24-14-22-42-38-16-4-10-28-56(38)74-66(42)48)63(49)71-51-25-7-1-19-45(51)60-53(71)33-31-43-39-17-5-11-29-57(39)75-67(43)60/h1-34H. The van der Waals surface area contributed by atoms with E-state index in [1.807, 2.05) is 22.7 Å². The van der Waals surface area contributed by atoms with Crippen LogP contribution in [0.15, 0.2) is 206 Å². The molecule has 17 aromatic rings. The summed E-state index contributed by atoms with van der Waals surface area (Å²) in [4.78, 5) is 0. The first-order valence-corrected chi connectivity index (χ1v) is 28.5. The van der Waals surface area contributed by atoms with E-state index in [0.717, 1.165) is 102 Å². The second-order valence-corrected chi connectivity index (χ2v) is 23.8. The van der Waals surface area contributed by atoms with E-state index < -0.39 is 0 Å². The smallest absolute Gasteiger partial charge is 0.102 e. The molecule has 0 atom stereocenters. The lowest BCUT2D eigenvalue weighted by Gasteiger charge is -2.26. The number of thiophene rings is 4. The molecule has 0 fully saturated rings. The van der Waals surface area contributed by atoms with Crippen molar-refractivity contribution in [3.63, 3.8) is 0 Å². The Morgan fingerprint density at radius 2 is 0.605 bits per heavy atom. The third-order valence-corrected chi connectivity index (χ3v) is 20.7. The number of fused-ring (bicyclic) bond motifs is 20. The Hall–Kier alpha value is -9.12.